The molecular weight excluding hydrogens is 423 g/mol. The summed E-state index contributed by atoms with van der Waals surface area (Å²) >= 11 is 0. The van der Waals surface area contributed by atoms with Crippen molar-refractivity contribution in [3.63, 3.8) is 0 Å². The topological polar surface area (TPSA) is 94.9 Å². The number of rotatable bonds is 5. The first-order valence-electron chi connectivity index (χ1n) is 9.60. The molecule has 0 unspecified atom stereocenters. The molecule has 1 saturated heterocycles. The van der Waals surface area contributed by atoms with Crippen molar-refractivity contribution in [3.05, 3.63) is 48.0 Å². The molecule has 4 rings (SSSR count). The molecule has 0 atom stereocenters. The van der Waals surface area contributed by atoms with Crippen LogP contribution in [-0.4, -0.2) is 52.8 Å². The lowest BCUT2D eigenvalue weighted by atomic mass is 10.1. The summed E-state index contributed by atoms with van der Waals surface area (Å²) < 4.78 is 46.7. The van der Waals surface area contributed by atoms with Crippen molar-refractivity contribution in [1.82, 2.24) is 9.97 Å². The Bertz CT molecular complexity index is 1230. The molecule has 0 saturated carbocycles. The van der Waals surface area contributed by atoms with E-state index in [4.69, 9.17) is 14.2 Å². The molecule has 0 bridgehead atoms. The highest BCUT2D eigenvalue weighted by atomic mass is 32.2. The second-order valence-corrected chi connectivity index (χ2v) is 10.1. The Morgan fingerprint density at radius 3 is 2.71 bits per heavy atom. The molecule has 3 aromatic rings. The number of benzene rings is 2. The Labute approximate surface area is 179 Å². The lowest BCUT2D eigenvalue weighted by Gasteiger charge is -2.24. The molecule has 0 spiro atoms. The summed E-state index contributed by atoms with van der Waals surface area (Å²) in [5.41, 5.74) is 2.65. The van der Waals surface area contributed by atoms with E-state index in [1.807, 2.05) is 13.0 Å². The first kappa shape index (κ1) is 21.4. The third-order valence-corrected chi connectivity index (χ3v) is 5.16. The predicted molar refractivity (Wildman–Crippen MR) is 117 cm³/mol. The number of ether oxygens (including phenoxy) is 3. The molecule has 2 heterocycles. The van der Waals surface area contributed by atoms with Gasteiger partial charge in [-0.1, -0.05) is 0 Å². The van der Waals surface area contributed by atoms with Gasteiger partial charge in [-0.15, -0.1) is 0 Å². The minimum absolute atomic E-state index is 0.222. The van der Waals surface area contributed by atoms with Crippen molar-refractivity contribution in [1.29, 1.82) is 0 Å². The fourth-order valence-corrected chi connectivity index (χ4v) is 3.93. The van der Waals surface area contributed by atoms with E-state index in [0.29, 0.717) is 41.7 Å². The summed E-state index contributed by atoms with van der Waals surface area (Å²) in [6.45, 7) is 2.84. The van der Waals surface area contributed by atoms with E-state index in [0.717, 1.165) is 10.9 Å². The molecule has 1 aromatic heterocycles. The van der Waals surface area contributed by atoms with Crippen molar-refractivity contribution >= 4 is 37.8 Å². The second kappa shape index (κ2) is 8.74. The standard InChI is InChI=1S/C21H23FN4O4S/c1-13-6-15(26-31(2,3)27)8-18-20(13)21(24-11-23-18)25-17-5-4-14(22)7-19(17)30-16-9-28-12-29-10-16/h4-8,11,16H,9-10,12H2,1-3H3,(H,23,24,25). The highest BCUT2D eigenvalue weighted by molar-refractivity contribution is 7.92. The zero-order valence-corrected chi connectivity index (χ0v) is 18.2. The molecule has 0 radical (unpaired) electrons. The normalized spacial score (nSPS) is 15.1. The number of nitrogens with one attached hydrogen (secondary N) is 1. The quantitative estimate of drug-likeness (QED) is 0.634. The molecule has 1 aliphatic rings. The van der Waals surface area contributed by atoms with Gasteiger partial charge < -0.3 is 19.5 Å². The number of halogens is 1. The number of anilines is 2. The van der Waals surface area contributed by atoms with Crippen LogP contribution < -0.4 is 10.1 Å². The van der Waals surface area contributed by atoms with E-state index < -0.39 is 15.5 Å². The Hall–Kier alpha value is -2.82. The zero-order valence-electron chi connectivity index (χ0n) is 17.4. The monoisotopic (exact) mass is 446 g/mol. The van der Waals surface area contributed by atoms with Crippen LogP contribution in [0.5, 0.6) is 5.75 Å². The number of hydrogen-bond acceptors (Lipinski definition) is 8. The van der Waals surface area contributed by atoms with Gasteiger partial charge in [0.1, 0.15) is 36.6 Å². The van der Waals surface area contributed by atoms with Gasteiger partial charge in [0.25, 0.3) is 0 Å². The summed E-state index contributed by atoms with van der Waals surface area (Å²) in [6.07, 6.45) is 4.24. The van der Waals surface area contributed by atoms with Gasteiger partial charge >= 0.3 is 0 Å². The van der Waals surface area contributed by atoms with E-state index in [9.17, 15) is 8.60 Å². The minimum Gasteiger partial charge on any atom is -0.483 e. The maximum atomic E-state index is 13.9. The van der Waals surface area contributed by atoms with Crippen molar-refractivity contribution in [2.75, 3.05) is 37.8 Å². The summed E-state index contributed by atoms with van der Waals surface area (Å²) in [4.78, 5) is 8.71. The first-order valence-corrected chi connectivity index (χ1v) is 11.9. The molecule has 2 aromatic carbocycles. The molecule has 0 amide bonds. The van der Waals surface area contributed by atoms with Gasteiger partial charge in [0.05, 0.1) is 30.1 Å². The Morgan fingerprint density at radius 2 is 1.97 bits per heavy atom. The fraction of sp³-hybridized carbons (Fsp3) is 0.333. The number of hydrogen-bond donors (Lipinski definition) is 1. The van der Waals surface area contributed by atoms with Crippen LogP contribution in [0.4, 0.5) is 21.6 Å². The molecule has 10 heteroatoms. The number of aryl methyl sites for hydroxylation is 1. The van der Waals surface area contributed by atoms with Gasteiger partial charge in [0.15, 0.2) is 0 Å². The Morgan fingerprint density at radius 1 is 1.19 bits per heavy atom. The van der Waals surface area contributed by atoms with E-state index in [1.54, 1.807) is 24.6 Å². The van der Waals surface area contributed by atoms with Crippen LogP contribution in [0.1, 0.15) is 5.56 Å². The zero-order chi connectivity index (χ0) is 22.0. The van der Waals surface area contributed by atoms with Crippen LogP contribution in [0.2, 0.25) is 0 Å². The van der Waals surface area contributed by atoms with Crippen LogP contribution in [0, 0.1) is 12.7 Å². The third-order valence-electron chi connectivity index (χ3n) is 4.51. The van der Waals surface area contributed by atoms with Crippen LogP contribution >= 0.6 is 0 Å². The number of fused-ring (bicyclic) bond motifs is 1. The number of nitrogens with zero attached hydrogens (tertiary/aromatic N) is 3. The molecule has 1 N–H and O–H groups in total. The first-order chi connectivity index (χ1) is 14.8. The van der Waals surface area contributed by atoms with E-state index >= 15 is 0 Å². The van der Waals surface area contributed by atoms with Gasteiger partial charge in [-0.25, -0.2) is 18.6 Å². The Kier molecular flexibility index (Phi) is 6.03. The number of aromatic nitrogens is 2. The van der Waals surface area contributed by atoms with Gasteiger partial charge in [-0.2, -0.15) is 4.36 Å². The van der Waals surface area contributed by atoms with E-state index in [-0.39, 0.29) is 12.9 Å². The predicted octanol–water partition coefficient (Wildman–Crippen LogP) is 3.93. The maximum Gasteiger partial charge on any atom is 0.147 e. The fourth-order valence-electron chi connectivity index (χ4n) is 3.31. The average Bonchev–Trinajstić information content (AvgIpc) is 2.69. The highest BCUT2D eigenvalue weighted by Gasteiger charge is 2.19. The lowest BCUT2D eigenvalue weighted by molar-refractivity contribution is -0.143. The van der Waals surface area contributed by atoms with Crippen molar-refractivity contribution in [2.45, 2.75) is 13.0 Å². The van der Waals surface area contributed by atoms with Crippen LogP contribution in [-0.2, 0) is 19.2 Å². The maximum absolute atomic E-state index is 13.9. The van der Waals surface area contributed by atoms with Crippen molar-refractivity contribution < 1.29 is 22.8 Å². The lowest BCUT2D eigenvalue weighted by Crippen LogP contribution is -2.34. The van der Waals surface area contributed by atoms with Gasteiger partial charge in [-0.05, 0) is 36.8 Å². The van der Waals surface area contributed by atoms with Gasteiger partial charge in [0, 0.05) is 33.7 Å². The molecule has 8 nitrogen and oxygen atoms in total. The summed E-state index contributed by atoms with van der Waals surface area (Å²) in [7, 11) is -2.30. The largest absolute Gasteiger partial charge is 0.483 e. The highest BCUT2D eigenvalue weighted by Crippen LogP contribution is 2.34. The van der Waals surface area contributed by atoms with Gasteiger partial charge in [0.2, 0.25) is 0 Å². The third kappa shape index (κ3) is 5.27. The Balaban J connectivity index is 1.71. The molecule has 1 aliphatic heterocycles. The summed E-state index contributed by atoms with van der Waals surface area (Å²) in [5.74, 6) is 0.443. The SMILES string of the molecule is Cc1cc(N=S(C)(C)=O)cc2ncnc(Nc3ccc(F)cc3OC3COCOC3)c12. The molecule has 164 valence electrons. The average molecular weight is 447 g/mol. The smallest absolute Gasteiger partial charge is 0.147 e. The van der Waals surface area contributed by atoms with Crippen LogP contribution in [0.3, 0.4) is 0 Å². The molecular formula is C21H23FN4O4S. The van der Waals surface area contributed by atoms with Crippen molar-refractivity contribution in [2.24, 2.45) is 4.36 Å². The summed E-state index contributed by atoms with van der Waals surface area (Å²) in [5, 5.41) is 4.01. The minimum atomic E-state index is -2.30. The van der Waals surface area contributed by atoms with Crippen LogP contribution in [0.15, 0.2) is 41.0 Å². The van der Waals surface area contributed by atoms with E-state index in [2.05, 4.69) is 19.6 Å². The molecule has 31 heavy (non-hydrogen) atoms. The van der Waals surface area contributed by atoms with Crippen LogP contribution in [0.25, 0.3) is 10.9 Å². The van der Waals surface area contributed by atoms with Crippen molar-refractivity contribution in [3.8, 4) is 5.75 Å². The van der Waals surface area contributed by atoms with E-state index in [1.165, 1.54) is 18.5 Å². The second-order valence-electron chi connectivity index (χ2n) is 7.52. The summed E-state index contributed by atoms with van der Waals surface area (Å²) in [6, 6.07) is 7.84. The molecule has 1 fully saturated rings. The molecule has 0 aliphatic carbocycles. The van der Waals surface area contributed by atoms with Gasteiger partial charge in [-0.3, -0.25) is 0 Å².